The largest absolute Gasteiger partial charge is 0.573 e. The summed E-state index contributed by atoms with van der Waals surface area (Å²) < 4.78 is 83.5. The molecule has 25 heavy (non-hydrogen) atoms. The zero-order valence-electron chi connectivity index (χ0n) is 12.4. The van der Waals surface area contributed by atoms with Crippen molar-refractivity contribution in [2.24, 2.45) is 0 Å². The summed E-state index contributed by atoms with van der Waals surface area (Å²) in [4.78, 5) is 14.9. The van der Waals surface area contributed by atoms with E-state index >= 15 is 0 Å². The molecule has 2 aromatic rings. The summed E-state index contributed by atoms with van der Waals surface area (Å²) in [6, 6.07) is 4.83. The Morgan fingerprint density at radius 1 is 1.00 bits per heavy atom. The van der Waals surface area contributed by atoms with Gasteiger partial charge in [0.1, 0.15) is 5.75 Å². The lowest BCUT2D eigenvalue weighted by atomic mass is 10.0. The van der Waals surface area contributed by atoms with Crippen molar-refractivity contribution in [2.75, 3.05) is 7.11 Å². The Balaban J connectivity index is 2.41. The van der Waals surface area contributed by atoms with Crippen LogP contribution in [0.5, 0.6) is 5.75 Å². The van der Waals surface area contributed by atoms with Gasteiger partial charge in [0.2, 0.25) is 0 Å². The van der Waals surface area contributed by atoms with E-state index in [0.717, 1.165) is 37.6 Å². The quantitative estimate of drug-likeness (QED) is 0.596. The number of hydrogen-bond acceptors (Lipinski definition) is 4. The van der Waals surface area contributed by atoms with Gasteiger partial charge in [-0.1, -0.05) is 12.1 Å². The molecule has 1 aromatic heterocycles. The molecule has 0 fully saturated rings. The lowest BCUT2D eigenvalue weighted by molar-refractivity contribution is -0.274. The van der Waals surface area contributed by atoms with Crippen LogP contribution in [0.1, 0.15) is 16.1 Å². The van der Waals surface area contributed by atoms with E-state index in [9.17, 15) is 31.1 Å². The Labute approximate surface area is 137 Å². The molecule has 0 aliphatic carbocycles. The average Bonchev–Trinajstić information content (AvgIpc) is 2.52. The third kappa shape index (κ3) is 4.61. The first-order chi connectivity index (χ1) is 11.5. The molecular weight excluding hydrogens is 356 g/mol. The van der Waals surface area contributed by atoms with E-state index in [1.54, 1.807) is 0 Å². The maximum absolute atomic E-state index is 13.1. The van der Waals surface area contributed by atoms with Gasteiger partial charge >= 0.3 is 18.5 Å². The van der Waals surface area contributed by atoms with Crippen molar-refractivity contribution in [3.05, 3.63) is 47.8 Å². The Kier molecular flexibility index (Phi) is 4.91. The molecule has 1 aromatic carbocycles. The summed E-state index contributed by atoms with van der Waals surface area (Å²) in [5.41, 5.74) is -2.11. The van der Waals surface area contributed by atoms with Crippen LogP contribution in [0.15, 0.2) is 36.5 Å². The lowest BCUT2D eigenvalue weighted by Gasteiger charge is -2.13. The molecule has 4 nitrogen and oxygen atoms in total. The van der Waals surface area contributed by atoms with Gasteiger partial charge in [-0.3, -0.25) is 0 Å². The number of halogens is 6. The normalized spacial score (nSPS) is 12.0. The fourth-order valence-electron chi connectivity index (χ4n) is 1.95. The van der Waals surface area contributed by atoms with Crippen molar-refractivity contribution >= 4 is 5.97 Å². The summed E-state index contributed by atoms with van der Waals surface area (Å²) >= 11 is 0. The molecule has 0 amide bonds. The number of aromatic nitrogens is 1. The molecule has 0 atom stereocenters. The Morgan fingerprint density at radius 3 is 2.08 bits per heavy atom. The van der Waals surface area contributed by atoms with Crippen molar-refractivity contribution < 1.29 is 40.6 Å². The topological polar surface area (TPSA) is 48.4 Å². The molecule has 0 spiro atoms. The monoisotopic (exact) mass is 365 g/mol. The van der Waals surface area contributed by atoms with E-state index in [1.165, 1.54) is 0 Å². The smallest absolute Gasteiger partial charge is 0.464 e. The van der Waals surface area contributed by atoms with Crippen LogP contribution >= 0.6 is 0 Å². The van der Waals surface area contributed by atoms with Gasteiger partial charge in [-0.2, -0.15) is 13.2 Å². The number of ether oxygens (including phenoxy) is 2. The second kappa shape index (κ2) is 6.61. The zero-order chi connectivity index (χ0) is 18.8. The molecule has 0 saturated carbocycles. The highest BCUT2D eigenvalue weighted by Gasteiger charge is 2.37. The van der Waals surface area contributed by atoms with Crippen molar-refractivity contribution in [1.82, 2.24) is 4.98 Å². The number of methoxy groups -OCH3 is 1. The van der Waals surface area contributed by atoms with Gasteiger partial charge < -0.3 is 9.47 Å². The maximum atomic E-state index is 13.1. The van der Waals surface area contributed by atoms with Gasteiger partial charge in [0.15, 0.2) is 5.69 Å². The van der Waals surface area contributed by atoms with Crippen LogP contribution in [0, 0.1) is 0 Å². The predicted molar refractivity (Wildman–Crippen MR) is 72.7 cm³/mol. The van der Waals surface area contributed by atoms with Gasteiger partial charge in [0.05, 0.1) is 12.7 Å². The van der Waals surface area contributed by atoms with E-state index in [2.05, 4.69) is 14.5 Å². The number of alkyl halides is 6. The maximum Gasteiger partial charge on any atom is 0.573 e. The van der Waals surface area contributed by atoms with Crippen molar-refractivity contribution in [3.63, 3.8) is 0 Å². The van der Waals surface area contributed by atoms with Crippen LogP contribution in [0.4, 0.5) is 26.3 Å². The van der Waals surface area contributed by atoms with Crippen LogP contribution in [0.2, 0.25) is 0 Å². The molecule has 2 rings (SSSR count). The third-order valence-corrected chi connectivity index (χ3v) is 2.99. The van der Waals surface area contributed by atoms with Crippen LogP contribution in [-0.2, 0) is 10.9 Å². The highest BCUT2D eigenvalue weighted by atomic mass is 19.4. The predicted octanol–water partition coefficient (Wildman–Crippen LogP) is 4.45. The molecular formula is C15H9F6NO3. The molecule has 0 N–H and O–H groups in total. The van der Waals surface area contributed by atoms with Gasteiger partial charge in [0, 0.05) is 11.8 Å². The van der Waals surface area contributed by atoms with E-state index in [4.69, 9.17) is 0 Å². The number of nitrogens with zero attached hydrogens (tertiary/aromatic N) is 1. The number of carbonyl (C=O) groups is 1. The first-order valence-electron chi connectivity index (χ1n) is 6.53. The van der Waals surface area contributed by atoms with Gasteiger partial charge in [-0.25, -0.2) is 9.78 Å². The number of esters is 1. The summed E-state index contributed by atoms with van der Waals surface area (Å²) in [7, 11) is 0.914. The van der Waals surface area contributed by atoms with Crippen molar-refractivity contribution in [1.29, 1.82) is 0 Å². The minimum absolute atomic E-state index is 0.0430. The second-order valence-corrected chi connectivity index (χ2v) is 4.68. The van der Waals surface area contributed by atoms with Crippen LogP contribution in [0.25, 0.3) is 11.1 Å². The minimum Gasteiger partial charge on any atom is -0.464 e. The number of benzene rings is 1. The molecule has 134 valence electrons. The molecule has 1 heterocycles. The Morgan fingerprint density at radius 2 is 1.60 bits per heavy atom. The molecule has 0 saturated heterocycles. The zero-order valence-corrected chi connectivity index (χ0v) is 12.4. The lowest BCUT2D eigenvalue weighted by Crippen LogP contribution is -2.17. The van der Waals surface area contributed by atoms with Crippen molar-refractivity contribution in [2.45, 2.75) is 12.5 Å². The molecule has 0 aliphatic rings. The molecule has 0 bridgehead atoms. The Hall–Kier alpha value is -2.78. The van der Waals surface area contributed by atoms with Crippen molar-refractivity contribution in [3.8, 4) is 16.9 Å². The highest BCUT2D eigenvalue weighted by Crippen LogP contribution is 2.35. The van der Waals surface area contributed by atoms with Gasteiger partial charge in [0.25, 0.3) is 0 Å². The fourth-order valence-corrected chi connectivity index (χ4v) is 1.95. The number of carbonyl (C=O) groups excluding carboxylic acids is 1. The molecule has 0 aliphatic heterocycles. The molecule has 10 heteroatoms. The standard InChI is InChI=1S/C15H9F6NO3/c1-24-13(23)12-11(14(16,17)18)6-9(7-22-12)8-2-4-10(5-3-8)25-15(19,20)21/h2-7H,1H3. The van der Waals surface area contributed by atoms with Gasteiger partial charge in [-0.05, 0) is 23.8 Å². The number of pyridine rings is 1. The first-order valence-corrected chi connectivity index (χ1v) is 6.53. The SMILES string of the molecule is COC(=O)c1ncc(-c2ccc(OC(F)(F)F)cc2)cc1C(F)(F)F. The van der Waals surface area contributed by atoms with Gasteiger partial charge in [-0.15, -0.1) is 13.2 Å². The number of hydrogen-bond donors (Lipinski definition) is 0. The third-order valence-electron chi connectivity index (χ3n) is 2.99. The number of rotatable bonds is 3. The second-order valence-electron chi connectivity index (χ2n) is 4.68. The first kappa shape index (κ1) is 18.6. The van der Waals surface area contributed by atoms with Crippen LogP contribution in [-0.4, -0.2) is 24.4 Å². The van der Waals surface area contributed by atoms with E-state index in [1.807, 2.05) is 0 Å². The fraction of sp³-hybridized carbons (Fsp3) is 0.200. The Bertz CT molecular complexity index is 768. The summed E-state index contributed by atoms with van der Waals surface area (Å²) in [6.45, 7) is 0. The summed E-state index contributed by atoms with van der Waals surface area (Å²) in [5, 5.41) is 0. The minimum atomic E-state index is -4.88. The van der Waals surface area contributed by atoms with E-state index < -0.39 is 35.5 Å². The highest BCUT2D eigenvalue weighted by molar-refractivity contribution is 5.89. The summed E-state index contributed by atoms with van der Waals surface area (Å²) in [6.07, 6.45) is -8.76. The van der Waals surface area contributed by atoms with E-state index in [0.29, 0.717) is 6.07 Å². The van der Waals surface area contributed by atoms with Crippen LogP contribution in [0.3, 0.4) is 0 Å². The van der Waals surface area contributed by atoms with E-state index in [-0.39, 0.29) is 11.1 Å². The molecule has 0 unspecified atom stereocenters. The average molecular weight is 365 g/mol. The summed E-state index contributed by atoms with van der Waals surface area (Å²) in [5.74, 6) is -1.78. The van der Waals surface area contributed by atoms with Crippen LogP contribution < -0.4 is 4.74 Å². The molecule has 0 radical (unpaired) electrons.